The van der Waals surface area contributed by atoms with Crippen molar-refractivity contribution in [1.82, 2.24) is 9.88 Å². The van der Waals surface area contributed by atoms with Crippen molar-refractivity contribution < 1.29 is 8.42 Å². The monoisotopic (exact) mass is 298 g/mol. The Morgan fingerprint density at radius 3 is 2.68 bits per heavy atom. The number of benzene rings is 1. The maximum Gasteiger partial charge on any atom is 0.148 e. The van der Waals surface area contributed by atoms with Gasteiger partial charge >= 0.3 is 0 Å². The first-order chi connectivity index (χ1) is 8.87. The zero-order valence-corrected chi connectivity index (χ0v) is 13.0. The number of thiazole rings is 1. The second-order valence-corrected chi connectivity index (χ2v) is 8.13. The number of fused-ring (bicyclic) bond motifs is 1. The van der Waals surface area contributed by atoms with Crippen molar-refractivity contribution in [2.75, 3.05) is 25.6 Å². The summed E-state index contributed by atoms with van der Waals surface area (Å²) in [7, 11) is -0.986. The fourth-order valence-electron chi connectivity index (χ4n) is 1.76. The van der Waals surface area contributed by atoms with Crippen LogP contribution in [-0.2, 0) is 9.84 Å². The predicted octanol–water partition coefficient (Wildman–Crippen LogP) is 2.33. The molecular weight excluding hydrogens is 280 g/mol. The summed E-state index contributed by atoms with van der Waals surface area (Å²) >= 11 is 1.66. The van der Waals surface area contributed by atoms with Gasteiger partial charge in [0, 0.05) is 12.8 Å². The summed E-state index contributed by atoms with van der Waals surface area (Å²) in [6, 6.07) is 8.16. The molecule has 0 aliphatic rings. The van der Waals surface area contributed by atoms with E-state index in [4.69, 9.17) is 0 Å². The molecule has 1 aromatic heterocycles. The molecule has 0 aliphatic carbocycles. The van der Waals surface area contributed by atoms with Crippen molar-refractivity contribution in [2.45, 2.75) is 13.0 Å². The van der Waals surface area contributed by atoms with E-state index < -0.39 is 9.84 Å². The van der Waals surface area contributed by atoms with E-state index in [1.807, 2.05) is 30.1 Å². The van der Waals surface area contributed by atoms with Crippen LogP contribution in [0.5, 0.6) is 0 Å². The third-order valence-corrected chi connectivity index (χ3v) is 5.27. The Balaban J connectivity index is 2.12. The molecule has 0 N–H and O–H groups in total. The topological polar surface area (TPSA) is 50.3 Å². The molecule has 0 spiro atoms. The number of aromatic nitrogens is 1. The first-order valence-corrected chi connectivity index (χ1v) is 8.98. The number of hydrogen-bond donors (Lipinski definition) is 0. The molecule has 1 aromatic carbocycles. The van der Waals surface area contributed by atoms with E-state index in [1.54, 1.807) is 11.3 Å². The van der Waals surface area contributed by atoms with Gasteiger partial charge in [0.05, 0.1) is 22.0 Å². The van der Waals surface area contributed by atoms with Gasteiger partial charge in [-0.15, -0.1) is 11.3 Å². The van der Waals surface area contributed by atoms with E-state index in [-0.39, 0.29) is 11.8 Å². The molecule has 4 nitrogen and oxygen atoms in total. The molecular formula is C13H18N2O2S2. The lowest BCUT2D eigenvalue weighted by Gasteiger charge is -2.22. The minimum Gasteiger partial charge on any atom is -0.296 e. The molecule has 0 amide bonds. The van der Waals surface area contributed by atoms with Crippen molar-refractivity contribution >= 4 is 31.4 Å². The smallest absolute Gasteiger partial charge is 0.148 e. The predicted molar refractivity (Wildman–Crippen MR) is 80.4 cm³/mol. The van der Waals surface area contributed by atoms with Crippen molar-refractivity contribution in [1.29, 1.82) is 0 Å². The van der Waals surface area contributed by atoms with Crippen LogP contribution < -0.4 is 0 Å². The Morgan fingerprint density at radius 2 is 2.05 bits per heavy atom. The molecule has 0 fully saturated rings. The summed E-state index contributed by atoms with van der Waals surface area (Å²) in [5.74, 6) is 0.179. The van der Waals surface area contributed by atoms with Gasteiger partial charge in [-0.25, -0.2) is 13.4 Å². The Kier molecular flexibility index (Phi) is 4.23. The van der Waals surface area contributed by atoms with Gasteiger partial charge in [0.15, 0.2) is 0 Å². The lowest BCUT2D eigenvalue weighted by Crippen LogP contribution is -2.28. The van der Waals surface area contributed by atoms with Gasteiger partial charge in [0.2, 0.25) is 0 Å². The molecule has 0 saturated heterocycles. The normalized spacial score (nSPS) is 14.1. The SMILES string of the molecule is CC(c1nc2ccccc2s1)N(C)CCS(C)(=O)=O. The third-order valence-electron chi connectivity index (χ3n) is 3.14. The van der Waals surface area contributed by atoms with E-state index in [1.165, 1.54) is 11.0 Å². The molecule has 1 atom stereocenters. The van der Waals surface area contributed by atoms with E-state index >= 15 is 0 Å². The Hall–Kier alpha value is -0.980. The standard InChI is InChI=1S/C13H18N2O2S2/c1-10(15(2)8-9-19(3,16)17)13-14-11-6-4-5-7-12(11)18-13/h4-7,10H,8-9H2,1-3H3. The summed E-state index contributed by atoms with van der Waals surface area (Å²) in [4.78, 5) is 6.63. The molecule has 0 radical (unpaired) electrons. The minimum absolute atomic E-state index is 0.124. The molecule has 1 unspecified atom stereocenters. The zero-order chi connectivity index (χ0) is 14.0. The second kappa shape index (κ2) is 5.56. The molecule has 0 bridgehead atoms. The summed E-state index contributed by atoms with van der Waals surface area (Å²) in [5, 5.41) is 1.03. The molecule has 0 aliphatic heterocycles. The Bertz CT molecular complexity index is 631. The highest BCUT2D eigenvalue weighted by Gasteiger charge is 2.17. The molecule has 0 saturated carbocycles. The van der Waals surface area contributed by atoms with Crippen LogP contribution in [0.25, 0.3) is 10.2 Å². The number of rotatable bonds is 5. The van der Waals surface area contributed by atoms with Gasteiger partial charge in [-0.2, -0.15) is 0 Å². The fourth-order valence-corrected chi connectivity index (χ4v) is 3.47. The summed E-state index contributed by atoms with van der Waals surface area (Å²) in [6.45, 7) is 2.58. The second-order valence-electron chi connectivity index (χ2n) is 4.81. The van der Waals surface area contributed by atoms with Crippen LogP contribution in [0, 0.1) is 0 Å². The highest BCUT2D eigenvalue weighted by Crippen LogP contribution is 2.28. The largest absolute Gasteiger partial charge is 0.296 e. The van der Waals surface area contributed by atoms with Crippen LogP contribution in [0.1, 0.15) is 18.0 Å². The zero-order valence-electron chi connectivity index (χ0n) is 11.3. The number of hydrogen-bond acceptors (Lipinski definition) is 5. The van der Waals surface area contributed by atoms with Crippen LogP contribution >= 0.6 is 11.3 Å². The van der Waals surface area contributed by atoms with Gasteiger partial charge < -0.3 is 0 Å². The van der Waals surface area contributed by atoms with E-state index in [9.17, 15) is 8.42 Å². The molecule has 19 heavy (non-hydrogen) atoms. The third kappa shape index (κ3) is 3.75. The average Bonchev–Trinajstić information content (AvgIpc) is 2.77. The summed E-state index contributed by atoms with van der Waals surface area (Å²) in [6.07, 6.45) is 1.27. The average molecular weight is 298 g/mol. The van der Waals surface area contributed by atoms with Crippen LogP contribution in [0.3, 0.4) is 0 Å². The fraction of sp³-hybridized carbons (Fsp3) is 0.462. The highest BCUT2D eigenvalue weighted by atomic mass is 32.2. The van der Waals surface area contributed by atoms with Gasteiger partial charge in [-0.05, 0) is 26.1 Å². The number of nitrogens with zero attached hydrogens (tertiary/aromatic N) is 2. The quantitative estimate of drug-likeness (QED) is 0.850. The lowest BCUT2D eigenvalue weighted by molar-refractivity contribution is 0.276. The van der Waals surface area contributed by atoms with Gasteiger partial charge in [-0.3, -0.25) is 4.90 Å². The minimum atomic E-state index is -2.92. The molecule has 1 heterocycles. The maximum atomic E-state index is 11.2. The van der Waals surface area contributed by atoms with Crippen LogP contribution in [0.15, 0.2) is 24.3 Å². The molecule has 6 heteroatoms. The van der Waals surface area contributed by atoms with Gasteiger partial charge in [0.25, 0.3) is 0 Å². The Morgan fingerprint density at radius 1 is 1.37 bits per heavy atom. The van der Waals surface area contributed by atoms with Crippen molar-refractivity contribution in [2.24, 2.45) is 0 Å². The highest BCUT2D eigenvalue weighted by molar-refractivity contribution is 7.90. The van der Waals surface area contributed by atoms with E-state index in [0.717, 1.165) is 10.5 Å². The lowest BCUT2D eigenvalue weighted by atomic mass is 10.3. The first kappa shape index (κ1) is 14.4. The van der Waals surface area contributed by atoms with Crippen molar-refractivity contribution in [3.63, 3.8) is 0 Å². The van der Waals surface area contributed by atoms with Crippen molar-refractivity contribution in [3.05, 3.63) is 29.3 Å². The Labute approximate surface area is 118 Å². The van der Waals surface area contributed by atoms with Crippen LogP contribution in [0.2, 0.25) is 0 Å². The van der Waals surface area contributed by atoms with E-state index in [0.29, 0.717) is 6.54 Å². The van der Waals surface area contributed by atoms with Crippen molar-refractivity contribution in [3.8, 4) is 0 Å². The van der Waals surface area contributed by atoms with E-state index in [2.05, 4.69) is 18.0 Å². The van der Waals surface area contributed by atoms with Gasteiger partial charge in [-0.1, -0.05) is 12.1 Å². The molecule has 104 valence electrons. The molecule has 2 rings (SSSR count). The summed E-state index contributed by atoms with van der Waals surface area (Å²) < 4.78 is 23.6. The first-order valence-electron chi connectivity index (χ1n) is 6.10. The number of sulfone groups is 1. The maximum absolute atomic E-state index is 11.2. The summed E-state index contributed by atoms with van der Waals surface area (Å²) in [5.41, 5.74) is 1.01. The number of para-hydroxylation sites is 1. The van der Waals surface area contributed by atoms with Gasteiger partial charge in [0.1, 0.15) is 14.8 Å². The molecule has 2 aromatic rings. The van der Waals surface area contributed by atoms with Crippen LogP contribution in [0.4, 0.5) is 0 Å². The van der Waals surface area contributed by atoms with Crippen LogP contribution in [-0.4, -0.2) is 43.9 Å².